The Morgan fingerprint density at radius 3 is 1.69 bits per heavy atom. The molecule has 0 aliphatic heterocycles. The number of benzene rings is 4. The third-order valence-electron chi connectivity index (χ3n) is 4.39. The second-order valence-corrected chi connectivity index (χ2v) is 7.84. The number of hydrogen-bond donors (Lipinski definition) is 1. The van der Waals surface area contributed by atoms with Gasteiger partial charge in [-0.25, -0.2) is 8.42 Å². The zero-order chi connectivity index (χ0) is 21.8. The van der Waals surface area contributed by atoms with Crippen LogP contribution >= 0.6 is 0 Å². The van der Waals surface area contributed by atoms with E-state index in [-0.39, 0.29) is 51.8 Å². The van der Waals surface area contributed by atoms with E-state index < -0.39 is 15.0 Å². The molecule has 0 atom stereocenters. The Labute approximate surface area is 206 Å². The van der Waals surface area contributed by atoms with Crippen LogP contribution in [0, 0.1) is 0 Å². The number of phenols is 1. The van der Waals surface area contributed by atoms with E-state index in [1.807, 2.05) is 30.3 Å². The molecule has 1 N–H and O–H groups in total. The Hall–Kier alpha value is -2.95. The van der Waals surface area contributed by atoms with Gasteiger partial charge in [-0.3, -0.25) is 0 Å². The minimum atomic E-state index is -4.77. The summed E-state index contributed by atoms with van der Waals surface area (Å²) in [5, 5.41) is 27.0. The molecule has 0 aromatic heterocycles. The summed E-state index contributed by atoms with van der Waals surface area (Å²) in [6, 6.07) is 23.1. The summed E-state index contributed by atoms with van der Waals surface area (Å²) in [4.78, 5) is -0.466. The molecule has 4 rings (SSSR count). The van der Waals surface area contributed by atoms with E-state index in [0.29, 0.717) is 11.4 Å². The Kier molecular flexibility index (Phi) is 7.49. The fraction of sp³-hybridized carbons (Fsp3) is 0. The van der Waals surface area contributed by atoms with Crippen molar-refractivity contribution in [3.8, 4) is 5.75 Å². The van der Waals surface area contributed by atoms with E-state index in [1.165, 1.54) is 12.1 Å². The third-order valence-corrected chi connectivity index (χ3v) is 5.26. The van der Waals surface area contributed by atoms with Gasteiger partial charge in [-0.15, -0.1) is 5.11 Å². The maximum atomic E-state index is 11.7. The predicted molar refractivity (Wildman–Crippen MR) is 115 cm³/mol. The second-order valence-electron chi connectivity index (χ2n) is 6.49. The van der Waals surface area contributed by atoms with Gasteiger partial charge >= 0.3 is 29.6 Å². The molecule has 0 amide bonds. The van der Waals surface area contributed by atoms with Gasteiger partial charge in [0, 0.05) is 10.8 Å². The number of hydrogen-bond acceptors (Lipinski definition) is 8. The standard InChI is InChI=1S/C22H16N4O4S.Na/c27-22-19-9-5-4-8-18(19)21(31(28,29)30)14-20(22)26-25-17-12-10-16(11-13-17)24-23-15-6-2-1-3-7-15;/h1-14,27H,(H,28,29,30);/q;+1/p-1. The van der Waals surface area contributed by atoms with Gasteiger partial charge < -0.3 is 9.66 Å². The summed E-state index contributed by atoms with van der Waals surface area (Å²) >= 11 is 0. The van der Waals surface area contributed by atoms with Gasteiger partial charge in [0.2, 0.25) is 0 Å². The molecular weight excluding hydrogens is 439 g/mol. The summed E-state index contributed by atoms with van der Waals surface area (Å²) in [6.07, 6.45) is 0. The van der Waals surface area contributed by atoms with E-state index in [0.717, 1.165) is 11.8 Å². The molecule has 4 aromatic rings. The number of fused-ring (bicyclic) bond motifs is 1. The topological polar surface area (TPSA) is 127 Å². The SMILES string of the molecule is O=S(=O)([O-])c1cc(N=Nc2ccc(N=Nc3ccccc3)cc2)c(O)c2ccccc12.[Na+]. The molecule has 0 bridgehead atoms. The average Bonchev–Trinajstić information content (AvgIpc) is 2.78. The molecule has 0 fully saturated rings. The van der Waals surface area contributed by atoms with E-state index >= 15 is 0 Å². The molecule has 0 aliphatic carbocycles. The Balaban J connectivity index is 0.00000289. The quantitative estimate of drug-likeness (QED) is 0.282. The first-order chi connectivity index (χ1) is 14.9. The van der Waals surface area contributed by atoms with Crippen molar-refractivity contribution in [2.45, 2.75) is 4.90 Å². The van der Waals surface area contributed by atoms with Crippen molar-refractivity contribution in [1.82, 2.24) is 0 Å². The van der Waals surface area contributed by atoms with Crippen LogP contribution in [0.4, 0.5) is 22.7 Å². The third kappa shape index (κ3) is 5.45. The Morgan fingerprint density at radius 2 is 1.12 bits per heavy atom. The van der Waals surface area contributed by atoms with E-state index in [4.69, 9.17) is 0 Å². The monoisotopic (exact) mass is 454 g/mol. The smallest absolute Gasteiger partial charge is 0.744 e. The van der Waals surface area contributed by atoms with Crippen LogP contribution in [0.3, 0.4) is 0 Å². The van der Waals surface area contributed by atoms with Crippen molar-refractivity contribution in [3.05, 3.63) is 84.9 Å². The van der Waals surface area contributed by atoms with Gasteiger partial charge in [-0.2, -0.15) is 15.3 Å². The minimum Gasteiger partial charge on any atom is -0.744 e. The first-order valence-corrected chi connectivity index (χ1v) is 10.5. The van der Waals surface area contributed by atoms with Gasteiger partial charge in [0.25, 0.3) is 0 Å². The van der Waals surface area contributed by atoms with Gasteiger partial charge in [0.05, 0.1) is 22.0 Å². The first-order valence-electron chi connectivity index (χ1n) is 9.11. The zero-order valence-corrected chi connectivity index (χ0v) is 19.8. The molecule has 8 nitrogen and oxygen atoms in total. The fourth-order valence-electron chi connectivity index (χ4n) is 2.90. The maximum Gasteiger partial charge on any atom is 1.00 e. The predicted octanol–water partition coefficient (Wildman–Crippen LogP) is 3.28. The summed E-state index contributed by atoms with van der Waals surface area (Å²) in [7, 11) is -4.77. The van der Waals surface area contributed by atoms with Crippen molar-refractivity contribution in [1.29, 1.82) is 0 Å². The average molecular weight is 454 g/mol. The Morgan fingerprint density at radius 1 is 0.656 bits per heavy atom. The summed E-state index contributed by atoms with van der Waals surface area (Å²) in [5.74, 6) is -0.264. The maximum absolute atomic E-state index is 11.7. The molecule has 0 unspecified atom stereocenters. The van der Waals surface area contributed by atoms with Gasteiger partial charge in [0.1, 0.15) is 15.8 Å². The number of azo groups is 2. The van der Waals surface area contributed by atoms with E-state index in [2.05, 4.69) is 20.5 Å². The molecule has 0 radical (unpaired) electrons. The molecule has 32 heavy (non-hydrogen) atoms. The molecule has 0 heterocycles. The van der Waals surface area contributed by atoms with E-state index in [9.17, 15) is 18.1 Å². The fourth-order valence-corrected chi connectivity index (χ4v) is 3.61. The van der Waals surface area contributed by atoms with Crippen LogP contribution in [-0.2, 0) is 10.1 Å². The molecule has 154 valence electrons. The zero-order valence-electron chi connectivity index (χ0n) is 17.0. The number of rotatable bonds is 5. The van der Waals surface area contributed by atoms with Crippen molar-refractivity contribution < 1.29 is 47.6 Å². The molecular formula is C22H15N4NaO4S. The van der Waals surface area contributed by atoms with Crippen molar-refractivity contribution in [2.75, 3.05) is 0 Å². The summed E-state index contributed by atoms with van der Waals surface area (Å²) < 4.78 is 35.0. The number of nitrogens with zero attached hydrogens (tertiary/aromatic N) is 4. The van der Waals surface area contributed by atoms with Crippen molar-refractivity contribution in [2.24, 2.45) is 20.5 Å². The Bertz CT molecular complexity index is 1410. The second kappa shape index (κ2) is 10.1. The molecule has 4 aromatic carbocycles. The summed E-state index contributed by atoms with van der Waals surface area (Å²) in [6.45, 7) is 0. The largest absolute Gasteiger partial charge is 1.00 e. The van der Waals surface area contributed by atoms with Crippen molar-refractivity contribution >= 4 is 43.6 Å². The number of aromatic hydroxyl groups is 1. The minimum absolute atomic E-state index is 0. The first kappa shape index (κ1) is 23.7. The molecule has 10 heteroatoms. The van der Waals surface area contributed by atoms with Crippen LogP contribution in [0.2, 0.25) is 0 Å². The number of phenolic OH excluding ortho intramolecular Hbond substituents is 1. The molecule has 0 aliphatic rings. The van der Waals surface area contributed by atoms with Crippen LogP contribution in [0.25, 0.3) is 10.8 Å². The van der Waals surface area contributed by atoms with Crippen LogP contribution < -0.4 is 29.6 Å². The van der Waals surface area contributed by atoms with Gasteiger partial charge in [0.15, 0.2) is 5.75 Å². The van der Waals surface area contributed by atoms with Gasteiger partial charge in [-0.1, -0.05) is 42.5 Å². The molecule has 0 saturated heterocycles. The van der Waals surface area contributed by atoms with Gasteiger partial charge in [-0.05, 0) is 42.5 Å². The van der Waals surface area contributed by atoms with Crippen LogP contribution in [0.5, 0.6) is 5.75 Å². The summed E-state index contributed by atoms with van der Waals surface area (Å²) in [5.41, 5.74) is 1.65. The molecule has 0 spiro atoms. The normalized spacial score (nSPS) is 11.8. The van der Waals surface area contributed by atoms with Crippen molar-refractivity contribution in [3.63, 3.8) is 0 Å². The van der Waals surface area contributed by atoms with E-state index in [1.54, 1.807) is 36.4 Å². The van der Waals surface area contributed by atoms with Crippen LogP contribution in [0.15, 0.2) is 110 Å². The van der Waals surface area contributed by atoms with Crippen LogP contribution in [0.1, 0.15) is 0 Å². The molecule has 0 saturated carbocycles. The van der Waals surface area contributed by atoms with Crippen LogP contribution in [-0.4, -0.2) is 18.1 Å².